The Balaban J connectivity index is 1.98. The fourth-order valence-electron chi connectivity index (χ4n) is 2.71. The molecule has 1 heterocycles. The molecular weight excluding hydrogens is 286 g/mol. The van der Waals surface area contributed by atoms with Crippen LogP contribution in [0.5, 0.6) is 0 Å². The third kappa shape index (κ3) is 4.00. The molecule has 0 aliphatic carbocycles. The first-order chi connectivity index (χ1) is 9.99. The van der Waals surface area contributed by atoms with Crippen LogP contribution >= 0.6 is 11.8 Å². The molecule has 1 amide bonds. The van der Waals surface area contributed by atoms with Gasteiger partial charge in [-0.1, -0.05) is 24.6 Å². The molecule has 1 aromatic carbocycles. The third-order valence-corrected chi connectivity index (χ3v) is 4.89. The van der Waals surface area contributed by atoms with E-state index in [1.165, 1.54) is 22.2 Å². The van der Waals surface area contributed by atoms with Gasteiger partial charge in [-0.3, -0.25) is 4.79 Å². The number of hydrogen-bond donors (Lipinski definition) is 1. The fraction of sp³-hybridized carbons (Fsp3) is 0.500. The molecule has 0 aromatic heterocycles. The molecule has 5 heteroatoms. The number of benzene rings is 1. The van der Waals surface area contributed by atoms with Crippen LogP contribution in [-0.2, 0) is 9.59 Å². The van der Waals surface area contributed by atoms with Crippen molar-refractivity contribution in [2.45, 2.75) is 37.6 Å². The van der Waals surface area contributed by atoms with E-state index in [2.05, 4.69) is 0 Å². The Labute approximate surface area is 129 Å². The standard InChI is InChI=1S/C16H21NO3S/c1-11-5-7-13(8-6-11)21-10-14(18)17-9-3-4-12(2)15(17)16(19)20/h5-8,12,15H,3-4,9-10H2,1-2H3,(H,19,20). The van der Waals surface area contributed by atoms with Crippen molar-refractivity contribution in [3.05, 3.63) is 29.8 Å². The lowest BCUT2D eigenvalue weighted by Gasteiger charge is -2.37. The van der Waals surface area contributed by atoms with E-state index >= 15 is 0 Å². The van der Waals surface area contributed by atoms with Crippen LogP contribution in [0.2, 0.25) is 0 Å². The molecule has 1 aliphatic rings. The van der Waals surface area contributed by atoms with Crippen LogP contribution in [0.1, 0.15) is 25.3 Å². The number of aryl methyl sites for hydroxylation is 1. The topological polar surface area (TPSA) is 57.6 Å². The van der Waals surface area contributed by atoms with Gasteiger partial charge in [0.15, 0.2) is 0 Å². The van der Waals surface area contributed by atoms with E-state index in [1.54, 1.807) is 0 Å². The molecule has 2 atom stereocenters. The van der Waals surface area contributed by atoms with Gasteiger partial charge in [-0.2, -0.15) is 0 Å². The van der Waals surface area contributed by atoms with Crippen molar-refractivity contribution in [1.29, 1.82) is 0 Å². The van der Waals surface area contributed by atoms with Gasteiger partial charge in [-0.15, -0.1) is 11.8 Å². The summed E-state index contributed by atoms with van der Waals surface area (Å²) in [6.07, 6.45) is 1.75. The number of piperidine rings is 1. The normalized spacial score (nSPS) is 22.1. The second kappa shape index (κ2) is 6.98. The second-order valence-electron chi connectivity index (χ2n) is 5.59. The number of nitrogens with zero attached hydrogens (tertiary/aromatic N) is 1. The number of likely N-dealkylation sites (tertiary alicyclic amines) is 1. The summed E-state index contributed by atoms with van der Waals surface area (Å²) in [5.41, 5.74) is 1.18. The van der Waals surface area contributed by atoms with Crippen LogP contribution in [0.4, 0.5) is 0 Å². The minimum atomic E-state index is -0.893. The summed E-state index contributed by atoms with van der Waals surface area (Å²) >= 11 is 1.46. The van der Waals surface area contributed by atoms with Crippen LogP contribution < -0.4 is 0 Å². The maximum Gasteiger partial charge on any atom is 0.326 e. The number of carboxylic acid groups (broad SMARTS) is 1. The zero-order valence-corrected chi connectivity index (χ0v) is 13.2. The number of thioether (sulfide) groups is 1. The molecule has 1 aromatic rings. The summed E-state index contributed by atoms with van der Waals surface area (Å²) in [6.45, 7) is 4.48. The Hall–Kier alpha value is -1.49. The molecule has 1 saturated heterocycles. The summed E-state index contributed by atoms with van der Waals surface area (Å²) < 4.78 is 0. The number of carbonyl (C=O) groups excluding carboxylic acids is 1. The highest BCUT2D eigenvalue weighted by molar-refractivity contribution is 8.00. The minimum Gasteiger partial charge on any atom is -0.480 e. The lowest BCUT2D eigenvalue weighted by atomic mass is 9.91. The summed E-state index contributed by atoms with van der Waals surface area (Å²) in [5, 5.41) is 9.34. The highest BCUT2D eigenvalue weighted by atomic mass is 32.2. The molecule has 4 nitrogen and oxygen atoms in total. The quantitative estimate of drug-likeness (QED) is 0.869. The smallest absolute Gasteiger partial charge is 0.326 e. The van der Waals surface area contributed by atoms with Gasteiger partial charge in [0.05, 0.1) is 5.75 Å². The van der Waals surface area contributed by atoms with Crippen LogP contribution in [0.25, 0.3) is 0 Å². The van der Waals surface area contributed by atoms with Gasteiger partial charge in [0, 0.05) is 11.4 Å². The Kier molecular flexibility index (Phi) is 5.28. The zero-order chi connectivity index (χ0) is 15.4. The third-order valence-electron chi connectivity index (χ3n) is 3.89. The van der Waals surface area contributed by atoms with Crippen molar-refractivity contribution in [2.75, 3.05) is 12.3 Å². The van der Waals surface area contributed by atoms with E-state index in [4.69, 9.17) is 0 Å². The van der Waals surface area contributed by atoms with E-state index in [0.717, 1.165) is 17.7 Å². The van der Waals surface area contributed by atoms with E-state index in [1.807, 2.05) is 38.1 Å². The Bertz CT molecular complexity index is 515. The summed E-state index contributed by atoms with van der Waals surface area (Å²) in [4.78, 5) is 26.3. The van der Waals surface area contributed by atoms with Crippen molar-refractivity contribution < 1.29 is 14.7 Å². The Morgan fingerprint density at radius 1 is 1.33 bits per heavy atom. The Morgan fingerprint density at radius 2 is 2.00 bits per heavy atom. The molecular formula is C16H21NO3S. The minimum absolute atomic E-state index is 0.0181. The second-order valence-corrected chi connectivity index (χ2v) is 6.64. The van der Waals surface area contributed by atoms with E-state index in [9.17, 15) is 14.7 Å². The fourth-order valence-corrected chi connectivity index (χ4v) is 3.49. The molecule has 21 heavy (non-hydrogen) atoms. The zero-order valence-electron chi connectivity index (χ0n) is 12.4. The molecule has 2 rings (SSSR count). The summed E-state index contributed by atoms with van der Waals surface area (Å²) in [6, 6.07) is 7.32. The van der Waals surface area contributed by atoms with Gasteiger partial charge in [-0.25, -0.2) is 4.79 Å². The number of rotatable bonds is 4. The number of amides is 1. The Morgan fingerprint density at radius 3 is 2.62 bits per heavy atom. The van der Waals surface area contributed by atoms with Crippen molar-refractivity contribution in [1.82, 2.24) is 4.90 Å². The van der Waals surface area contributed by atoms with Gasteiger partial charge in [0.1, 0.15) is 6.04 Å². The molecule has 2 unspecified atom stereocenters. The first-order valence-corrected chi connectivity index (χ1v) is 8.19. The van der Waals surface area contributed by atoms with Gasteiger partial charge >= 0.3 is 5.97 Å². The number of carbonyl (C=O) groups is 2. The molecule has 1 N–H and O–H groups in total. The maximum absolute atomic E-state index is 12.3. The van der Waals surface area contributed by atoms with Crippen molar-refractivity contribution in [3.8, 4) is 0 Å². The average molecular weight is 307 g/mol. The molecule has 114 valence electrons. The molecule has 1 fully saturated rings. The summed E-state index contributed by atoms with van der Waals surface area (Å²) in [5.74, 6) is -0.667. The monoisotopic (exact) mass is 307 g/mol. The van der Waals surface area contributed by atoms with Gasteiger partial charge in [0.2, 0.25) is 5.91 Å². The predicted molar refractivity (Wildman–Crippen MR) is 83.4 cm³/mol. The molecule has 0 spiro atoms. The van der Waals surface area contributed by atoms with Gasteiger partial charge in [0.25, 0.3) is 0 Å². The van der Waals surface area contributed by atoms with Crippen molar-refractivity contribution in [2.24, 2.45) is 5.92 Å². The molecule has 0 radical (unpaired) electrons. The predicted octanol–water partition coefficient (Wildman–Crippen LogP) is 2.80. The van der Waals surface area contributed by atoms with Gasteiger partial charge < -0.3 is 10.0 Å². The molecule has 0 bridgehead atoms. The lowest BCUT2D eigenvalue weighted by molar-refractivity contribution is -0.153. The van der Waals surface area contributed by atoms with Crippen LogP contribution in [0.15, 0.2) is 29.2 Å². The van der Waals surface area contributed by atoms with E-state index in [0.29, 0.717) is 12.3 Å². The van der Waals surface area contributed by atoms with Crippen molar-refractivity contribution >= 4 is 23.6 Å². The highest BCUT2D eigenvalue weighted by Gasteiger charge is 2.36. The molecule has 0 saturated carbocycles. The largest absolute Gasteiger partial charge is 0.480 e. The number of hydrogen-bond acceptors (Lipinski definition) is 3. The van der Waals surface area contributed by atoms with Crippen molar-refractivity contribution in [3.63, 3.8) is 0 Å². The maximum atomic E-state index is 12.3. The van der Waals surface area contributed by atoms with E-state index in [-0.39, 0.29) is 11.8 Å². The lowest BCUT2D eigenvalue weighted by Crippen LogP contribution is -2.52. The van der Waals surface area contributed by atoms with Crippen LogP contribution in [0.3, 0.4) is 0 Å². The van der Waals surface area contributed by atoms with Crippen LogP contribution in [0, 0.1) is 12.8 Å². The number of carboxylic acids is 1. The highest BCUT2D eigenvalue weighted by Crippen LogP contribution is 2.25. The number of aliphatic carboxylic acids is 1. The van der Waals surface area contributed by atoms with E-state index < -0.39 is 12.0 Å². The summed E-state index contributed by atoms with van der Waals surface area (Å²) in [7, 11) is 0. The average Bonchev–Trinajstić information content (AvgIpc) is 2.45. The van der Waals surface area contributed by atoms with Gasteiger partial charge in [-0.05, 0) is 37.8 Å². The van der Waals surface area contributed by atoms with Crippen LogP contribution in [-0.4, -0.2) is 40.2 Å². The first kappa shape index (κ1) is 15.9. The SMILES string of the molecule is Cc1ccc(SCC(=O)N2CCCC(C)C2C(=O)O)cc1. The first-order valence-electron chi connectivity index (χ1n) is 7.21. The molecule has 1 aliphatic heterocycles.